The van der Waals surface area contributed by atoms with Crippen LogP contribution >= 0.6 is 23.4 Å². The van der Waals surface area contributed by atoms with Crippen LogP contribution in [0.1, 0.15) is 0 Å². The Morgan fingerprint density at radius 1 is 1.23 bits per heavy atom. The minimum Gasteiger partial charge on any atom is -0.339 e. The second-order valence-electron chi connectivity index (χ2n) is 2.80. The lowest BCUT2D eigenvalue weighted by Crippen LogP contribution is -2.33. The second-order valence-corrected chi connectivity index (χ2v) is 4.46. The molecule has 13 heavy (non-hydrogen) atoms. The SMILES string of the molecule is Clc1cnc(N2CCSCC2)nc1. The van der Waals surface area contributed by atoms with Crippen molar-refractivity contribution in [2.75, 3.05) is 29.5 Å². The van der Waals surface area contributed by atoms with E-state index in [4.69, 9.17) is 11.6 Å². The first-order valence-electron chi connectivity index (χ1n) is 4.16. The van der Waals surface area contributed by atoms with Crippen molar-refractivity contribution in [3.63, 3.8) is 0 Å². The van der Waals surface area contributed by atoms with Gasteiger partial charge in [0.2, 0.25) is 5.95 Å². The van der Waals surface area contributed by atoms with E-state index in [0.29, 0.717) is 5.02 Å². The van der Waals surface area contributed by atoms with Gasteiger partial charge in [0.05, 0.1) is 17.4 Å². The van der Waals surface area contributed by atoms with E-state index in [1.54, 1.807) is 12.4 Å². The van der Waals surface area contributed by atoms with Gasteiger partial charge in [0.15, 0.2) is 0 Å². The van der Waals surface area contributed by atoms with Crippen LogP contribution in [0.3, 0.4) is 0 Å². The Morgan fingerprint density at radius 3 is 2.46 bits per heavy atom. The molecule has 0 bridgehead atoms. The molecule has 0 radical (unpaired) electrons. The minimum atomic E-state index is 0.593. The molecule has 2 rings (SSSR count). The van der Waals surface area contributed by atoms with Crippen molar-refractivity contribution in [2.24, 2.45) is 0 Å². The smallest absolute Gasteiger partial charge is 0.225 e. The molecule has 3 nitrogen and oxygen atoms in total. The Balaban J connectivity index is 2.10. The highest BCUT2D eigenvalue weighted by molar-refractivity contribution is 7.99. The number of hydrogen-bond acceptors (Lipinski definition) is 4. The van der Waals surface area contributed by atoms with Gasteiger partial charge in [-0.2, -0.15) is 11.8 Å². The maximum absolute atomic E-state index is 5.70. The molecule has 1 aliphatic heterocycles. The molecule has 70 valence electrons. The summed E-state index contributed by atoms with van der Waals surface area (Å²) < 4.78 is 0. The third-order valence-corrected chi connectivity index (χ3v) is 3.04. The first-order chi connectivity index (χ1) is 6.36. The molecule has 5 heteroatoms. The fraction of sp³-hybridized carbons (Fsp3) is 0.500. The molecule has 1 aromatic heterocycles. The van der Waals surface area contributed by atoms with Crippen molar-refractivity contribution < 1.29 is 0 Å². The Morgan fingerprint density at radius 2 is 1.85 bits per heavy atom. The molecule has 0 aromatic carbocycles. The molecule has 0 atom stereocenters. The fourth-order valence-corrected chi connectivity index (χ4v) is 2.23. The van der Waals surface area contributed by atoms with Crippen LogP contribution in [-0.4, -0.2) is 34.6 Å². The van der Waals surface area contributed by atoms with Gasteiger partial charge in [0, 0.05) is 24.6 Å². The minimum absolute atomic E-state index is 0.593. The number of rotatable bonds is 1. The zero-order chi connectivity index (χ0) is 9.10. The predicted octanol–water partition coefficient (Wildman–Crippen LogP) is 1.68. The molecule has 1 fully saturated rings. The standard InChI is InChI=1S/C8H10ClN3S/c9-7-5-10-8(11-6-7)12-1-3-13-4-2-12/h5-6H,1-4H2. The van der Waals surface area contributed by atoms with E-state index in [0.717, 1.165) is 30.5 Å². The summed E-state index contributed by atoms with van der Waals surface area (Å²) in [7, 11) is 0. The predicted molar refractivity (Wildman–Crippen MR) is 56.6 cm³/mol. The van der Waals surface area contributed by atoms with Gasteiger partial charge < -0.3 is 4.90 Å². The van der Waals surface area contributed by atoms with Crippen LogP contribution in [0.4, 0.5) is 5.95 Å². The lowest BCUT2D eigenvalue weighted by Gasteiger charge is -2.25. The van der Waals surface area contributed by atoms with Gasteiger partial charge in [0.25, 0.3) is 0 Å². The average molecular weight is 216 g/mol. The topological polar surface area (TPSA) is 29.0 Å². The van der Waals surface area contributed by atoms with Crippen molar-refractivity contribution in [2.45, 2.75) is 0 Å². The Kier molecular flexibility index (Phi) is 2.90. The van der Waals surface area contributed by atoms with Crippen molar-refractivity contribution in [1.82, 2.24) is 9.97 Å². The zero-order valence-corrected chi connectivity index (χ0v) is 8.68. The maximum atomic E-state index is 5.70. The van der Waals surface area contributed by atoms with E-state index in [9.17, 15) is 0 Å². The fourth-order valence-electron chi connectivity index (χ4n) is 1.23. The molecular formula is C8H10ClN3S. The molecule has 1 saturated heterocycles. The van der Waals surface area contributed by atoms with Crippen LogP contribution in [-0.2, 0) is 0 Å². The van der Waals surface area contributed by atoms with Crippen molar-refractivity contribution >= 4 is 29.3 Å². The third kappa shape index (κ3) is 2.25. The van der Waals surface area contributed by atoms with Crippen LogP contribution < -0.4 is 4.90 Å². The highest BCUT2D eigenvalue weighted by Gasteiger charge is 2.12. The van der Waals surface area contributed by atoms with Crippen LogP contribution in [0.15, 0.2) is 12.4 Å². The summed E-state index contributed by atoms with van der Waals surface area (Å²) in [5, 5.41) is 0.593. The Labute approximate surface area is 86.5 Å². The van der Waals surface area contributed by atoms with E-state index < -0.39 is 0 Å². The van der Waals surface area contributed by atoms with Crippen LogP contribution in [0.25, 0.3) is 0 Å². The summed E-state index contributed by atoms with van der Waals surface area (Å²) in [4.78, 5) is 10.5. The third-order valence-electron chi connectivity index (χ3n) is 1.90. The van der Waals surface area contributed by atoms with Gasteiger partial charge in [-0.25, -0.2) is 9.97 Å². The number of thioether (sulfide) groups is 1. The van der Waals surface area contributed by atoms with Crippen LogP contribution in [0, 0.1) is 0 Å². The van der Waals surface area contributed by atoms with E-state index in [2.05, 4.69) is 14.9 Å². The van der Waals surface area contributed by atoms with Gasteiger partial charge >= 0.3 is 0 Å². The average Bonchev–Trinajstić information content (AvgIpc) is 2.20. The van der Waals surface area contributed by atoms with E-state index >= 15 is 0 Å². The summed E-state index contributed by atoms with van der Waals surface area (Å²) in [5.74, 6) is 3.11. The van der Waals surface area contributed by atoms with Gasteiger partial charge in [0.1, 0.15) is 0 Å². The highest BCUT2D eigenvalue weighted by atomic mass is 35.5. The number of halogens is 1. The molecule has 1 aliphatic rings. The molecule has 2 heterocycles. The van der Waals surface area contributed by atoms with Gasteiger partial charge in [-0.15, -0.1) is 0 Å². The monoisotopic (exact) mass is 215 g/mol. The first kappa shape index (κ1) is 9.09. The second kappa shape index (κ2) is 4.15. The lowest BCUT2D eigenvalue weighted by atomic mass is 10.5. The van der Waals surface area contributed by atoms with Gasteiger partial charge in [-0.3, -0.25) is 0 Å². The summed E-state index contributed by atoms with van der Waals surface area (Å²) in [5.41, 5.74) is 0. The number of hydrogen-bond donors (Lipinski definition) is 0. The molecule has 0 N–H and O–H groups in total. The number of anilines is 1. The lowest BCUT2D eigenvalue weighted by molar-refractivity contribution is 0.815. The summed E-state index contributed by atoms with van der Waals surface area (Å²) in [6.45, 7) is 2.07. The van der Waals surface area contributed by atoms with Gasteiger partial charge in [-0.05, 0) is 0 Å². The zero-order valence-electron chi connectivity index (χ0n) is 7.11. The van der Waals surface area contributed by atoms with Gasteiger partial charge in [-0.1, -0.05) is 11.6 Å². The van der Waals surface area contributed by atoms with Crippen molar-refractivity contribution in [3.8, 4) is 0 Å². The molecule has 0 unspecified atom stereocenters. The first-order valence-corrected chi connectivity index (χ1v) is 5.70. The summed E-state index contributed by atoms with van der Waals surface area (Å²) in [6.07, 6.45) is 3.29. The molecular weight excluding hydrogens is 206 g/mol. The maximum Gasteiger partial charge on any atom is 0.225 e. The molecule has 1 aromatic rings. The van der Waals surface area contributed by atoms with Crippen LogP contribution in [0.2, 0.25) is 5.02 Å². The largest absolute Gasteiger partial charge is 0.339 e. The summed E-state index contributed by atoms with van der Waals surface area (Å²) in [6, 6.07) is 0. The van der Waals surface area contributed by atoms with E-state index in [1.165, 1.54) is 0 Å². The van der Waals surface area contributed by atoms with Crippen molar-refractivity contribution in [1.29, 1.82) is 0 Å². The Hall–Kier alpha value is -0.480. The number of nitrogens with zero attached hydrogens (tertiary/aromatic N) is 3. The molecule has 0 aliphatic carbocycles. The molecule has 0 amide bonds. The normalized spacial score (nSPS) is 17.5. The van der Waals surface area contributed by atoms with E-state index in [-0.39, 0.29) is 0 Å². The van der Waals surface area contributed by atoms with Crippen LogP contribution in [0.5, 0.6) is 0 Å². The Bertz CT molecular complexity index is 271. The highest BCUT2D eigenvalue weighted by Crippen LogP contribution is 2.15. The quantitative estimate of drug-likeness (QED) is 0.713. The number of aromatic nitrogens is 2. The molecule has 0 saturated carbocycles. The van der Waals surface area contributed by atoms with Crippen molar-refractivity contribution in [3.05, 3.63) is 17.4 Å². The summed E-state index contributed by atoms with van der Waals surface area (Å²) >= 11 is 7.68. The molecule has 0 spiro atoms. The van der Waals surface area contributed by atoms with E-state index in [1.807, 2.05) is 11.8 Å².